The third kappa shape index (κ3) is 7.62. The molecule has 0 atom stereocenters. The van der Waals surface area contributed by atoms with E-state index in [4.69, 9.17) is 0 Å². The molecule has 7 nitrogen and oxygen atoms in total. The van der Waals surface area contributed by atoms with Gasteiger partial charge in [-0.2, -0.15) is 0 Å². The van der Waals surface area contributed by atoms with Gasteiger partial charge in [0.25, 0.3) is 0 Å². The summed E-state index contributed by atoms with van der Waals surface area (Å²) in [7, 11) is -3.87. The molecule has 1 amide bonds. The molecule has 0 saturated heterocycles. The molecule has 0 radical (unpaired) electrons. The van der Waals surface area contributed by atoms with Crippen molar-refractivity contribution in [2.45, 2.75) is 58.9 Å². The SMILES string of the molecule is CC(=O)Nc1ccc(-c2cnc(-c3ccc(NCC(C)(C)C)cc3)s2)c(S(=O)(=O)NC(C)(C)C)c1. The molecule has 0 aliphatic carbocycles. The second kappa shape index (κ2) is 10.1. The summed E-state index contributed by atoms with van der Waals surface area (Å²) in [6.07, 6.45) is 1.69. The van der Waals surface area contributed by atoms with Crippen LogP contribution in [0.5, 0.6) is 0 Å². The van der Waals surface area contributed by atoms with Gasteiger partial charge in [0, 0.05) is 47.7 Å². The molecule has 3 aromatic rings. The number of hydrogen-bond donors (Lipinski definition) is 3. The van der Waals surface area contributed by atoms with E-state index in [1.807, 2.05) is 24.3 Å². The zero-order valence-electron chi connectivity index (χ0n) is 21.3. The maximum absolute atomic E-state index is 13.3. The van der Waals surface area contributed by atoms with Gasteiger partial charge in [-0.1, -0.05) is 26.8 Å². The number of nitrogens with one attached hydrogen (secondary N) is 3. The summed E-state index contributed by atoms with van der Waals surface area (Å²) in [4.78, 5) is 16.9. The summed E-state index contributed by atoms with van der Waals surface area (Å²) >= 11 is 1.42. The molecule has 0 saturated carbocycles. The van der Waals surface area contributed by atoms with Crippen LogP contribution in [0, 0.1) is 5.41 Å². The van der Waals surface area contributed by atoms with E-state index in [1.165, 1.54) is 24.3 Å². The molecular weight excluding hydrogens is 480 g/mol. The normalized spacial score (nSPS) is 12.4. The van der Waals surface area contributed by atoms with Crippen LogP contribution >= 0.6 is 11.3 Å². The quantitative estimate of drug-likeness (QED) is 0.361. The summed E-state index contributed by atoms with van der Waals surface area (Å²) in [5, 5.41) is 6.89. The Morgan fingerprint density at radius 3 is 2.17 bits per heavy atom. The molecule has 0 fully saturated rings. The van der Waals surface area contributed by atoms with Crippen LogP contribution in [0.1, 0.15) is 48.5 Å². The van der Waals surface area contributed by atoms with E-state index in [-0.39, 0.29) is 16.2 Å². The van der Waals surface area contributed by atoms with Gasteiger partial charge in [-0.05, 0) is 62.6 Å². The smallest absolute Gasteiger partial charge is 0.241 e. The monoisotopic (exact) mass is 514 g/mol. The number of carbonyl (C=O) groups is 1. The Morgan fingerprint density at radius 2 is 1.60 bits per heavy atom. The van der Waals surface area contributed by atoms with Crippen molar-refractivity contribution in [3.8, 4) is 21.0 Å². The third-order valence-corrected chi connectivity index (χ3v) is 7.64. The summed E-state index contributed by atoms with van der Waals surface area (Å²) in [5.74, 6) is -0.273. The van der Waals surface area contributed by atoms with Gasteiger partial charge in [-0.25, -0.2) is 18.1 Å². The first-order valence-electron chi connectivity index (χ1n) is 11.4. The Balaban J connectivity index is 1.96. The first kappa shape index (κ1) is 26.8. The first-order valence-corrected chi connectivity index (χ1v) is 13.7. The summed E-state index contributed by atoms with van der Waals surface area (Å²) in [5.41, 5.74) is 2.45. The van der Waals surface area contributed by atoms with Crippen molar-refractivity contribution in [3.63, 3.8) is 0 Å². The standard InChI is InChI=1S/C26H34N4O3S2/c1-17(31)29-20-12-13-21(23(14-20)35(32,33)30-26(5,6)7)22-15-27-24(34-22)18-8-10-19(11-9-18)28-16-25(2,3)4/h8-15,28,30H,16H2,1-7H3,(H,29,31). The van der Waals surface area contributed by atoms with Gasteiger partial charge in [0.2, 0.25) is 15.9 Å². The van der Waals surface area contributed by atoms with Gasteiger partial charge in [0.05, 0.1) is 9.77 Å². The maximum atomic E-state index is 13.3. The molecule has 0 spiro atoms. The average molecular weight is 515 g/mol. The second-order valence-corrected chi connectivity index (χ2v) is 13.5. The fraction of sp³-hybridized carbons (Fsp3) is 0.385. The lowest BCUT2D eigenvalue weighted by molar-refractivity contribution is -0.114. The molecule has 0 unspecified atom stereocenters. The van der Waals surface area contributed by atoms with Crippen LogP contribution in [0.4, 0.5) is 11.4 Å². The number of amides is 1. The predicted octanol–water partition coefficient (Wildman–Crippen LogP) is 5.97. The molecule has 2 aromatic carbocycles. The van der Waals surface area contributed by atoms with Gasteiger partial charge >= 0.3 is 0 Å². The molecule has 0 bridgehead atoms. The van der Waals surface area contributed by atoms with Gasteiger partial charge in [0.15, 0.2) is 0 Å². The molecule has 0 aliphatic rings. The van der Waals surface area contributed by atoms with E-state index < -0.39 is 15.6 Å². The number of benzene rings is 2. The molecule has 0 aliphatic heterocycles. The molecular formula is C26H34N4O3S2. The van der Waals surface area contributed by atoms with Crippen molar-refractivity contribution in [1.29, 1.82) is 0 Å². The zero-order valence-corrected chi connectivity index (χ0v) is 22.9. The Labute approximate surface area is 212 Å². The highest BCUT2D eigenvalue weighted by atomic mass is 32.2. The Morgan fingerprint density at radius 1 is 0.971 bits per heavy atom. The summed E-state index contributed by atoms with van der Waals surface area (Å²) in [6.45, 7) is 14.1. The highest BCUT2D eigenvalue weighted by Gasteiger charge is 2.26. The van der Waals surface area contributed by atoms with Crippen molar-refractivity contribution in [3.05, 3.63) is 48.7 Å². The van der Waals surface area contributed by atoms with Crippen molar-refractivity contribution in [1.82, 2.24) is 9.71 Å². The van der Waals surface area contributed by atoms with Crippen LogP contribution in [0.2, 0.25) is 0 Å². The van der Waals surface area contributed by atoms with Crippen LogP contribution in [0.25, 0.3) is 21.0 Å². The topological polar surface area (TPSA) is 100 Å². The van der Waals surface area contributed by atoms with E-state index in [2.05, 4.69) is 41.1 Å². The number of nitrogens with zero attached hydrogens (tertiary/aromatic N) is 1. The highest BCUT2D eigenvalue weighted by molar-refractivity contribution is 7.89. The maximum Gasteiger partial charge on any atom is 0.241 e. The zero-order chi connectivity index (χ0) is 26.0. The number of rotatable bonds is 7. The molecule has 35 heavy (non-hydrogen) atoms. The predicted molar refractivity (Wildman–Crippen MR) is 145 cm³/mol. The highest BCUT2D eigenvalue weighted by Crippen LogP contribution is 2.37. The number of sulfonamides is 1. The minimum atomic E-state index is -3.87. The lowest BCUT2D eigenvalue weighted by Gasteiger charge is -2.22. The van der Waals surface area contributed by atoms with Gasteiger partial charge in [0.1, 0.15) is 5.01 Å². The molecule has 9 heteroatoms. The lowest BCUT2D eigenvalue weighted by Crippen LogP contribution is -2.40. The number of anilines is 2. The largest absolute Gasteiger partial charge is 0.385 e. The van der Waals surface area contributed by atoms with Crippen LogP contribution in [-0.4, -0.2) is 31.4 Å². The average Bonchev–Trinajstić information content (AvgIpc) is 3.20. The van der Waals surface area contributed by atoms with Crippen molar-refractivity contribution in [2.75, 3.05) is 17.2 Å². The van der Waals surface area contributed by atoms with Crippen LogP contribution in [-0.2, 0) is 14.8 Å². The van der Waals surface area contributed by atoms with Crippen LogP contribution in [0.15, 0.2) is 53.6 Å². The number of hydrogen-bond acceptors (Lipinski definition) is 6. The minimum Gasteiger partial charge on any atom is -0.385 e. The van der Waals surface area contributed by atoms with Crippen molar-refractivity contribution < 1.29 is 13.2 Å². The van der Waals surface area contributed by atoms with Gasteiger partial charge < -0.3 is 10.6 Å². The Bertz CT molecular complexity index is 1300. The number of thiazole rings is 1. The summed E-state index contributed by atoms with van der Waals surface area (Å²) in [6, 6.07) is 12.9. The van der Waals surface area contributed by atoms with Gasteiger partial charge in [-0.3, -0.25) is 4.79 Å². The van der Waals surface area contributed by atoms with Crippen LogP contribution < -0.4 is 15.4 Å². The van der Waals surface area contributed by atoms with E-state index in [9.17, 15) is 13.2 Å². The molecule has 1 aromatic heterocycles. The van der Waals surface area contributed by atoms with E-state index in [1.54, 1.807) is 39.1 Å². The minimum absolute atomic E-state index is 0.0932. The lowest BCUT2D eigenvalue weighted by atomic mass is 9.97. The number of carbonyl (C=O) groups excluding carboxylic acids is 1. The number of aromatic nitrogens is 1. The molecule has 3 N–H and O–H groups in total. The Hall–Kier alpha value is -2.75. The molecule has 188 valence electrons. The van der Waals surface area contributed by atoms with E-state index in [0.29, 0.717) is 11.3 Å². The molecule has 1 heterocycles. The fourth-order valence-corrected chi connectivity index (χ4v) is 6.01. The van der Waals surface area contributed by atoms with Crippen molar-refractivity contribution >= 4 is 38.6 Å². The molecule has 3 rings (SSSR count). The third-order valence-electron chi connectivity index (χ3n) is 4.76. The van der Waals surface area contributed by atoms with Crippen LogP contribution in [0.3, 0.4) is 0 Å². The van der Waals surface area contributed by atoms with Gasteiger partial charge in [-0.15, -0.1) is 11.3 Å². The fourth-order valence-electron chi connectivity index (χ4n) is 3.32. The van der Waals surface area contributed by atoms with E-state index >= 15 is 0 Å². The first-order chi connectivity index (χ1) is 16.1. The summed E-state index contributed by atoms with van der Waals surface area (Å²) < 4.78 is 29.3. The van der Waals surface area contributed by atoms with E-state index in [0.717, 1.165) is 27.7 Å². The Kier molecular flexibility index (Phi) is 7.74. The van der Waals surface area contributed by atoms with Crippen molar-refractivity contribution in [2.24, 2.45) is 5.41 Å². The second-order valence-electron chi connectivity index (χ2n) is 10.8.